The molecule has 8 nitrogen and oxygen atoms in total. The molecule has 0 bridgehead atoms. The monoisotopic (exact) mass is 618 g/mol. The molecule has 0 aliphatic carbocycles. The number of anilines is 2. The maximum atomic E-state index is 12.4. The van der Waals surface area contributed by atoms with Gasteiger partial charge in [-0.05, 0) is 72.5 Å². The molecular weight excluding hydrogens is 576 g/mol. The third-order valence-electron chi connectivity index (χ3n) is 7.51. The van der Waals surface area contributed by atoms with Crippen molar-refractivity contribution in [3.63, 3.8) is 0 Å². The molecule has 0 aromatic heterocycles. The minimum Gasteiger partial charge on any atom is -0.348 e. The molecule has 8 heteroatoms. The molecule has 0 fully saturated rings. The first-order valence-corrected chi connectivity index (χ1v) is 15.9. The van der Waals surface area contributed by atoms with E-state index in [2.05, 4.69) is 21.3 Å². The predicted molar refractivity (Wildman–Crippen MR) is 182 cm³/mol. The topological polar surface area (TPSA) is 116 Å². The van der Waals surface area contributed by atoms with Crippen molar-refractivity contribution in [1.82, 2.24) is 10.6 Å². The number of rotatable bonds is 17. The minimum absolute atomic E-state index is 0.0428. The Labute approximate surface area is 271 Å². The van der Waals surface area contributed by atoms with Gasteiger partial charge in [0.15, 0.2) is 0 Å². The molecule has 0 aliphatic heterocycles. The van der Waals surface area contributed by atoms with Gasteiger partial charge in [-0.15, -0.1) is 0 Å². The standard InChI is InChI=1S/C38H42N4O4/c43-35(41-33-23-19-31(20-24-33)37(45)39-27-29-13-7-5-8-14-29)17-11-3-1-2-4-12-18-36(44)42-34-25-21-32(22-26-34)38(46)40-28-30-15-9-6-10-16-30/h5-10,13-16,19-26H,1-4,11-12,17-18,27-28H2,(H,39,45)(H,40,46)(H,41,43)(H,42,44). The van der Waals surface area contributed by atoms with E-state index in [4.69, 9.17) is 0 Å². The molecule has 4 aromatic carbocycles. The Kier molecular flexibility index (Phi) is 13.6. The van der Waals surface area contributed by atoms with E-state index >= 15 is 0 Å². The van der Waals surface area contributed by atoms with Crippen LogP contribution in [0.4, 0.5) is 11.4 Å². The summed E-state index contributed by atoms with van der Waals surface area (Å²) < 4.78 is 0. The summed E-state index contributed by atoms with van der Waals surface area (Å²) in [7, 11) is 0. The molecule has 0 radical (unpaired) electrons. The van der Waals surface area contributed by atoms with Crippen LogP contribution in [0.2, 0.25) is 0 Å². The highest BCUT2D eigenvalue weighted by Crippen LogP contribution is 2.14. The summed E-state index contributed by atoms with van der Waals surface area (Å²) in [5.41, 5.74) is 4.49. The zero-order valence-corrected chi connectivity index (χ0v) is 26.1. The quantitative estimate of drug-likeness (QED) is 0.0933. The number of benzene rings is 4. The maximum absolute atomic E-state index is 12.4. The van der Waals surface area contributed by atoms with Gasteiger partial charge in [0.2, 0.25) is 11.8 Å². The molecule has 4 N–H and O–H groups in total. The predicted octanol–water partition coefficient (Wildman–Crippen LogP) is 7.24. The molecule has 0 saturated carbocycles. The summed E-state index contributed by atoms with van der Waals surface area (Å²) in [4.78, 5) is 49.4. The molecule has 4 rings (SSSR count). The first-order valence-electron chi connectivity index (χ1n) is 15.9. The molecule has 0 unspecified atom stereocenters. The van der Waals surface area contributed by atoms with E-state index in [1.165, 1.54) is 0 Å². The lowest BCUT2D eigenvalue weighted by Gasteiger charge is -2.08. The van der Waals surface area contributed by atoms with Gasteiger partial charge in [-0.25, -0.2) is 0 Å². The van der Waals surface area contributed by atoms with Crippen molar-refractivity contribution in [2.75, 3.05) is 10.6 Å². The van der Waals surface area contributed by atoms with Gasteiger partial charge in [0.25, 0.3) is 11.8 Å². The summed E-state index contributed by atoms with van der Waals surface area (Å²) in [5.74, 6) is -0.401. The van der Waals surface area contributed by atoms with Gasteiger partial charge in [0, 0.05) is 48.4 Å². The van der Waals surface area contributed by atoms with E-state index in [0.717, 1.165) is 49.7 Å². The lowest BCUT2D eigenvalue weighted by atomic mass is 10.1. The second kappa shape index (κ2) is 18.5. The van der Waals surface area contributed by atoms with Gasteiger partial charge in [-0.3, -0.25) is 19.2 Å². The molecule has 4 aromatic rings. The van der Waals surface area contributed by atoms with Crippen LogP contribution < -0.4 is 21.3 Å². The number of hydrogen-bond donors (Lipinski definition) is 4. The Morgan fingerprint density at radius 3 is 1.13 bits per heavy atom. The van der Waals surface area contributed by atoms with Crippen LogP contribution in [0.25, 0.3) is 0 Å². The molecule has 0 saturated heterocycles. The molecule has 4 amide bonds. The lowest BCUT2D eigenvalue weighted by Crippen LogP contribution is -2.22. The average molecular weight is 619 g/mol. The molecule has 238 valence electrons. The van der Waals surface area contributed by atoms with Gasteiger partial charge in [0.05, 0.1) is 0 Å². The van der Waals surface area contributed by atoms with E-state index < -0.39 is 0 Å². The van der Waals surface area contributed by atoms with Crippen molar-refractivity contribution in [2.45, 2.75) is 64.5 Å². The van der Waals surface area contributed by atoms with Crippen molar-refractivity contribution in [1.29, 1.82) is 0 Å². The van der Waals surface area contributed by atoms with Gasteiger partial charge in [-0.1, -0.05) is 86.3 Å². The number of hydrogen-bond acceptors (Lipinski definition) is 4. The number of carbonyl (C=O) groups excluding carboxylic acids is 4. The smallest absolute Gasteiger partial charge is 0.251 e. The van der Waals surface area contributed by atoms with Crippen LogP contribution in [0, 0.1) is 0 Å². The number of nitrogens with one attached hydrogen (secondary N) is 4. The van der Waals surface area contributed by atoms with Gasteiger partial charge >= 0.3 is 0 Å². The summed E-state index contributed by atoms with van der Waals surface area (Å²) in [6.45, 7) is 0.921. The number of carbonyl (C=O) groups is 4. The van der Waals surface area contributed by atoms with Crippen LogP contribution in [-0.2, 0) is 22.7 Å². The third-order valence-corrected chi connectivity index (χ3v) is 7.51. The molecule has 0 atom stereocenters. The van der Waals surface area contributed by atoms with Crippen molar-refractivity contribution in [3.8, 4) is 0 Å². The summed E-state index contributed by atoms with van der Waals surface area (Å²) in [6, 6.07) is 33.3. The first-order chi connectivity index (χ1) is 22.5. The van der Waals surface area contributed by atoms with Crippen molar-refractivity contribution in [3.05, 3.63) is 131 Å². The maximum Gasteiger partial charge on any atom is 0.251 e. The molecule has 0 aliphatic rings. The summed E-state index contributed by atoms with van der Waals surface area (Å²) >= 11 is 0. The van der Waals surface area contributed by atoms with Crippen LogP contribution in [0.3, 0.4) is 0 Å². The summed E-state index contributed by atoms with van der Waals surface area (Å²) in [6.07, 6.45) is 6.39. The van der Waals surface area contributed by atoms with Crippen molar-refractivity contribution in [2.24, 2.45) is 0 Å². The second-order valence-electron chi connectivity index (χ2n) is 11.2. The molecule has 46 heavy (non-hydrogen) atoms. The largest absolute Gasteiger partial charge is 0.348 e. The third kappa shape index (κ3) is 12.0. The summed E-state index contributed by atoms with van der Waals surface area (Å²) in [5, 5.41) is 11.6. The van der Waals surface area contributed by atoms with Crippen LogP contribution in [0.5, 0.6) is 0 Å². The Balaban J connectivity index is 1.01. The van der Waals surface area contributed by atoms with Gasteiger partial charge in [0.1, 0.15) is 0 Å². The van der Waals surface area contributed by atoms with E-state index in [1.54, 1.807) is 48.5 Å². The second-order valence-corrected chi connectivity index (χ2v) is 11.2. The zero-order valence-electron chi connectivity index (χ0n) is 26.1. The van der Waals surface area contributed by atoms with Crippen LogP contribution in [0.1, 0.15) is 83.2 Å². The SMILES string of the molecule is O=C(CCCCCCCCC(=O)Nc1ccc(C(=O)NCc2ccccc2)cc1)Nc1ccc(C(=O)NCc2ccccc2)cc1. The number of unbranched alkanes of at least 4 members (excludes halogenated alkanes) is 5. The fourth-order valence-electron chi connectivity index (χ4n) is 4.90. The van der Waals surface area contributed by atoms with Crippen molar-refractivity contribution >= 4 is 35.0 Å². The van der Waals surface area contributed by atoms with E-state index in [1.807, 2.05) is 60.7 Å². The van der Waals surface area contributed by atoms with Gasteiger partial charge in [-0.2, -0.15) is 0 Å². The Morgan fingerprint density at radius 1 is 0.413 bits per heavy atom. The fraction of sp³-hybridized carbons (Fsp3) is 0.263. The van der Waals surface area contributed by atoms with Gasteiger partial charge < -0.3 is 21.3 Å². The van der Waals surface area contributed by atoms with E-state index in [9.17, 15) is 19.2 Å². The van der Waals surface area contributed by atoms with E-state index in [0.29, 0.717) is 48.4 Å². The van der Waals surface area contributed by atoms with Crippen molar-refractivity contribution < 1.29 is 19.2 Å². The van der Waals surface area contributed by atoms with Crippen LogP contribution in [0.15, 0.2) is 109 Å². The average Bonchev–Trinajstić information content (AvgIpc) is 3.09. The fourth-order valence-corrected chi connectivity index (χ4v) is 4.90. The van der Waals surface area contributed by atoms with E-state index in [-0.39, 0.29) is 23.6 Å². The first kappa shape index (κ1) is 33.6. The minimum atomic E-state index is -0.158. The lowest BCUT2D eigenvalue weighted by molar-refractivity contribution is -0.117. The molecule has 0 heterocycles. The van der Waals surface area contributed by atoms with Crippen LogP contribution >= 0.6 is 0 Å². The highest BCUT2D eigenvalue weighted by molar-refractivity contribution is 5.96. The highest BCUT2D eigenvalue weighted by atomic mass is 16.2. The van der Waals surface area contributed by atoms with Crippen LogP contribution in [-0.4, -0.2) is 23.6 Å². The molecular formula is C38H42N4O4. The number of amides is 4. The highest BCUT2D eigenvalue weighted by Gasteiger charge is 2.09. The Bertz CT molecular complexity index is 1420. The zero-order chi connectivity index (χ0) is 32.4. The Morgan fingerprint density at radius 2 is 0.761 bits per heavy atom. The Hall–Kier alpha value is -5.24. The normalized spacial score (nSPS) is 10.5. The molecule has 0 spiro atoms.